The number of unbranched alkanes of at least 4 members (excludes halogenated alkanes) is 4. The second-order valence-corrected chi connectivity index (χ2v) is 6.38. The van der Waals surface area contributed by atoms with Crippen LogP contribution in [0.5, 0.6) is 0 Å². The van der Waals surface area contributed by atoms with E-state index in [1.54, 1.807) is 0 Å². The van der Waals surface area contributed by atoms with Gasteiger partial charge in [0.15, 0.2) is 0 Å². The van der Waals surface area contributed by atoms with Crippen molar-refractivity contribution in [2.24, 2.45) is 0 Å². The summed E-state index contributed by atoms with van der Waals surface area (Å²) in [5.41, 5.74) is 1.40. The summed E-state index contributed by atoms with van der Waals surface area (Å²) in [6.07, 6.45) is 14.4. The van der Waals surface area contributed by atoms with Crippen LogP contribution >= 0.6 is 0 Å². The predicted octanol–water partition coefficient (Wildman–Crippen LogP) is 5.37. The fraction of sp³-hybridized carbons (Fsp3) is 0.600. The number of hydrogen-bond donors (Lipinski definition) is 0. The van der Waals surface area contributed by atoms with E-state index >= 15 is 0 Å². The van der Waals surface area contributed by atoms with Gasteiger partial charge in [0.2, 0.25) is 0 Å². The molecule has 0 bridgehead atoms. The highest BCUT2D eigenvalue weighted by Crippen LogP contribution is 2.23. The Morgan fingerprint density at radius 3 is 2.27 bits per heavy atom. The summed E-state index contributed by atoms with van der Waals surface area (Å²) in [5, 5.41) is 0. The summed E-state index contributed by atoms with van der Waals surface area (Å²) in [5.74, 6) is 0. The zero-order valence-electron chi connectivity index (χ0n) is 14.4. The van der Waals surface area contributed by atoms with Gasteiger partial charge in [-0.15, -0.1) is 0 Å². The summed E-state index contributed by atoms with van der Waals surface area (Å²) in [4.78, 5) is 5.08. The molecule has 0 spiro atoms. The van der Waals surface area contributed by atoms with Crippen LogP contribution in [0, 0.1) is 0 Å². The minimum atomic E-state index is 0.557. The summed E-state index contributed by atoms with van der Waals surface area (Å²) in [6, 6.07) is 10.8. The standard InChI is InChI=1S/C20H32N2/c1-3-5-7-11-15-21-16-17-22(20(21)14-6-4-2)18-19-12-9-8-10-13-19/h8-10,12-13,16-17,20H,3-7,11,14-15,18H2,1-2H3. The first-order valence-electron chi connectivity index (χ1n) is 9.09. The highest BCUT2D eigenvalue weighted by atomic mass is 15.4. The van der Waals surface area contributed by atoms with E-state index in [1.165, 1.54) is 57.1 Å². The first-order chi connectivity index (χ1) is 10.8. The Hall–Kier alpha value is -1.44. The fourth-order valence-electron chi connectivity index (χ4n) is 3.18. The molecule has 0 saturated heterocycles. The Morgan fingerprint density at radius 2 is 1.55 bits per heavy atom. The van der Waals surface area contributed by atoms with Crippen molar-refractivity contribution in [2.75, 3.05) is 6.54 Å². The molecule has 22 heavy (non-hydrogen) atoms. The third-order valence-corrected chi connectivity index (χ3v) is 4.51. The minimum absolute atomic E-state index is 0.557. The number of hydrogen-bond acceptors (Lipinski definition) is 2. The first-order valence-corrected chi connectivity index (χ1v) is 9.09. The molecule has 1 aromatic carbocycles. The Morgan fingerprint density at radius 1 is 0.818 bits per heavy atom. The minimum Gasteiger partial charge on any atom is -0.356 e. The quantitative estimate of drug-likeness (QED) is 0.536. The van der Waals surface area contributed by atoms with Crippen molar-refractivity contribution in [1.29, 1.82) is 0 Å². The average Bonchev–Trinajstić information content (AvgIpc) is 2.92. The monoisotopic (exact) mass is 300 g/mol. The third-order valence-electron chi connectivity index (χ3n) is 4.51. The molecule has 1 aliphatic heterocycles. The van der Waals surface area contributed by atoms with Crippen molar-refractivity contribution in [3.63, 3.8) is 0 Å². The lowest BCUT2D eigenvalue weighted by molar-refractivity contribution is 0.133. The van der Waals surface area contributed by atoms with Crippen LogP contribution in [-0.4, -0.2) is 22.5 Å². The van der Waals surface area contributed by atoms with E-state index < -0.39 is 0 Å². The molecule has 0 fully saturated rings. The van der Waals surface area contributed by atoms with Gasteiger partial charge in [-0.1, -0.05) is 69.9 Å². The maximum Gasteiger partial charge on any atom is 0.101 e. The molecule has 2 heteroatoms. The molecule has 0 saturated carbocycles. The van der Waals surface area contributed by atoms with Crippen LogP contribution in [0.2, 0.25) is 0 Å². The molecular formula is C20H32N2. The molecule has 1 unspecified atom stereocenters. The van der Waals surface area contributed by atoms with Gasteiger partial charge in [-0.05, 0) is 24.8 Å². The van der Waals surface area contributed by atoms with Crippen LogP contribution in [0.4, 0.5) is 0 Å². The summed E-state index contributed by atoms with van der Waals surface area (Å²) < 4.78 is 0. The van der Waals surface area contributed by atoms with E-state index in [0.717, 1.165) is 6.54 Å². The Bertz CT molecular complexity index is 427. The molecule has 0 aliphatic carbocycles. The molecular weight excluding hydrogens is 268 g/mol. The lowest BCUT2D eigenvalue weighted by Gasteiger charge is -2.33. The molecule has 0 amide bonds. The maximum absolute atomic E-state index is 2.56. The van der Waals surface area contributed by atoms with Crippen molar-refractivity contribution < 1.29 is 0 Å². The summed E-state index contributed by atoms with van der Waals surface area (Å²) >= 11 is 0. The van der Waals surface area contributed by atoms with E-state index in [-0.39, 0.29) is 0 Å². The zero-order valence-corrected chi connectivity index (χ0v) is 14.4. The Balaban J connectivity index is 1.90. The van der Waals surface area contributed by atoms with Gasteiger partial charge in [0.1, 0.15) is 6.17 Å². The van der Waals surface area contributed by atoms with Gasteiger partial charge in [0.25, 0.3) is 0 Å². The summed E-state index contributed by atoms with van der Waals surface area (Å²) in [7, 11) is 0. The van der Waals surface area contributed by atoms with Gasteiger partial charge in [-0.2, -0.15) is 0 Å². The van der Waals surface area contributed by atoms with Crippen molar-refractivity contribution in [2.45, 2.75) is 71.5 Å². The van der Waals surface area contributed by atoms with E-state index in [0.29, 0.717) is 6.17 Å². The second-order valence-electron chi connectivity index (χ2n) is 6.38. The molecule has 2 nitrogen and oxygen atoms in total. The molecule has 0 aromatic heterocycles. The topological polar surface area (TPSA) is 6.48 Å². The highest BCUT2D eigenvalue weighted by Gasteiger charge is 2.25. The third kappa shape index (κ3) is 5.08. The van der Waals surface area contributed by atoms with Crippen LogP contribution in [-0.2, 0) is 6.54 Å². The van der Waals surface area contributed by atoms with E-state index in [4.69, 9.17) is 0 Å². The molecule has 1 aromatic rings. The Labute approximate surface area is 136 Å². The van der Waals surface area contributed by atoms with Crippen molar-refractivity contribution in [3.05, 3.63) is 48.3 Å². The van der Waals surface area contributed by atoms with Gasteiger partial charge >= 0.3 is 0 Å². The average molecular weight is 300 g/mol. The molecule has 1 atom stereocenters. The molecule has 0 N–H and O–H groups in total. The van der Waals surface area contributed by atoms with Crippen molar-refractivity contribution in [1.82, 2.24) is 9.80 Å². The normalized spacial score (nSPS) is 17.5. The molecule has 1 heterocycles. The van der Waals surface area contributed by atoms with Crippen molar-refractivity contribution >= 4 is 0 Å². The molecule has 0 radical (unpaired) electrons. The molecule has 1 aliphatic rings. The number of benzene rings is 1. The van der Waals surface area contributed by atoms with Gasteiger partial charge < -0.3 is 9.80 Å². The van der Waals surface area contributed by atoms with E-state index in [2.05, 4.69) is 66.4 Å². The lowest BCUT2D eigenvalue weighted by Crippen LogP contribution is -2.38. The largest absolute Gasteiger partial charge is 0.356 e. The smallest absolute Gasteiger partial charge is 0.101 e. The van der Waals surface area contributed by atoms with Crippen LogP contribution in [0.15, 0.2) is 42.7 Å². The molecule has 122 valence electrons. The fourth-order valence-corrected chi connectivity index (χ4v) is 3.18. The maximum atomic E-state index is 2.56. The van der Waals surface area contributed by atoms with Crippen LogP contribution in [0.25, 0.3) is 0 Å². The predicted molar refractivity (Wildman–Crippen MR) is 95.3 cm³/mol. The van der Waals surface area contributed by atoms with Crippen molar-refractivity contribution in [3.8, 4) is 0 Å². The van der Waals surface area contributed by atoms with Gasteiger partial charge in [0, 0.05) is 25.5 Å². The first kappa shape index (κ1) is 16.9. The highest BCUT2D eigenvalue weighted by molar-refractivity contribution is 5.15. The van der Waals surface area contributed by atoms with Gasteiger partial charge in [-0.25, -0.2) is 0 Å². The Kier molecular flexibility index (Phi) is 7.35. The lowest BCUT2D eigenvalue weighted by atomic mass is 10.1. The van der Waals surface area contributed by atoms with Crippen LogP contribution in [0.3, 0.4) is 0 Å². The SMILES string of the molecule is CCCCCCN1C=CN(Cc2ccccc2)C1CCCC. The molecule has 2 rings (SSSR count). The zero-order chi connectivity index (χ0) is 15.6. The second kappa shape index (κ2) is 9.55. The number of nitrogens with zero attached hydrogens (tertiary/aromatic N) is 2. The van der Waals surface area contributed by atoms with Crippen LogP contribution in [0.1, 0.15) is 64.4 Å². The van der Waals surface area contributed by atoms with Gasteiger partial charge in [0.05, 0.1) is 0 Å². The van der Waals surface area contributed by atoms with E-state index in [1.807, 2.05) is 0 Å². The van der Waals surface area contributed by atoms with Crippen LogP contribution < -0.4 is 0 Å². The number of rotatable bonds is 10. The van der Waals surface area contributed by atoms with E-state index in [9.17, 15) is 0 Å². The van der Waals surface area contributed by atoms with Gasteiger partial charge in [-0.3, -0.25) is 0 Å². The summed E-state index contributed by atoms with van der Waals surface area (Å²) in [6.45, 7) is 6.80.